The fourth-order valence-electron chi connectivity index (χ4n) is 2.47. The largest absolute Gasteiger partial charge is 0.330 e. The number of aryl methyl sites for hydroxylation is 1. The Hall–Kier alpha value is -1.35. The van der Waals surface area contributed by atoms with E-state index >= 15 is 0 Å². The highest BCUT2D eigenvalue weighted by atomic mass is 15.1. The third-order valence-electron chi connectivity index (χ3n) is 3.72. The molecule has 0 bridgehead atoms. The first-order valence-electron chi connectivity index (χ1n) is 6.39. The summed E-state index contributed by atoms with van der Waals surface area (Å²) in [5.41, 5.74) is 9.46. The van der Waals surface area contributed by atoms with Gasteiger partial charge in [0, 0.05) is 6.04 Å². The molecule has 0 amide bonds. The SMILES string of the molecule is Cc1nc2ccc(C(C)CN)cc2n1C1CC1. The molecule has 1 heterocycles. The monoisotopic (exact) mass is 229 g/mol. The highest BCUT2D eigenvalue weighted by Gasteiger charge is 2.27. The molecule has 0 radical (unpaired) electrons. The first-order valence-corrected chi connectivity index (χ1v) is 6.39. The molecule has 90 valence electrons. The highest BCUT2D eigenvalue weighted by Crippen LogP contribution is 2.38. The quantitative estimate of drug-likeness (QED) is 0.879. The molecule has 1 fully saturated rings. The molecule has 1 aromatic carbocycles. The summed E-state index contributed by atoms with van der Waals surface area (Å²) in [7, 11) is 0. The van der Waals surface area contributed by atoms with E-state index in [-0.39, 0.29) is 0 Å². The summed E-state index contributed by atoms with van der Waals surface area (Å²) < 4.78 is 2.39. The third-order valence-corrected chi connectivity index (χ3v) is 3.72. The molecule has 1 aromatic heterocycles. The summed E-state index contributed by atoms with van der Waals surface area (Å²) in [5, 5.41) is 0. The molecule has 3 nitrogen and oxygen atoms in total. The normalized spacial score (nSPS) is 17.6. The van der Waals surface area contributed by atoms with Crippen molar-refractivity contribution in [1.29, 1.82) is 0 Å². The Labute approximate surface area is 102 Å². The maximum absolute atomic E-state index is 5.74. The van der Waals surface area contributed by atoms with Gasteiger partial charge in [0.25, 0.3) is 0 Å². The fraction of sp³-hybridized carbons (Fsp3) is 0.500. The van der Waals surface area contributed by atoms with Gasteiger partial charge in [0.2, 0.25) is 0 Å². The molecular weight excluding hydrogens is 210 g/mol. The Morgan fingerprint density at radius 1 is 1.47 bits per heavy atom. The van der Waals surface area contributed by atoms with Gasteiger partial charge in [0.1, 0.15) is 5.82 Å². The van der Waals surface area contributed by atoms with E-state index in [0.29, 0.717) is 18.5 Å². The van der Waals surface area contributed by atoms with E-state index in [2.05, 4.69) is 41.6 Å². The summed E-state index contributed by atoms with van der Waals surface area (Å²) in [5.74, 6) is 1.56. The Bertz CT molecular complexity index is 552. The molecule has 1 aliphatic rings. The average molecular weight is 229 g/mol. The number of imidazole rings is 1. The van der Waals surface area contributed by atoms with Crippen molar-refractivity contribution in [2.24, 2.45) is 5.73 Å². The fourth-order valence-corrected chi connectivity index (χ4v) is 2.47. The molecule has 2 N–H and O–H groups in total. The zero-order valence-corrected chi connectivity index (χ0v) is 10.5. The van der Waals surface area contributed by atoms with Gasteiger partial charge in [-0.2, -0.15) is 0 Å². The summed E-state index contributed by atoms with van der Waals surface area (Å²) in [6, 6.07) is 7.24. The van der Waals surface area contributed by atoms with Crippen LogP contribution in [-0.4, -0.2) is 16.1 Å². The summed E-state index contributed by atoms with van der Waals surface area (Å²) in [4.78, 5) is 4.63. The van der Waals surface area contributed by atoms with Crippen LogP contribution in [0.15, 0.2) is 18.2 Å². The summed E-state index contributed by atoms with van der Waals surface area (Å²) >= 11 is 0. The Morgan fingerprint density at radius 3 is 2.88 bits per heavy atom. The number of benzene rings is 1. The molecule has 1 saturated carbocycles. The smallest absolute Gasteiger partial charge is 0.106 e. The predicted octanol–water partition coefficient (Wildman–Crippen LogP) is 2.74. The van der Waals surface area contributed by atoms with Crippen molar-refractivity contribution in [3.05, 3.63) is 29.6 Å². The lowest BCUT2D eigenvalue weighted by Gasteiger charge is -2.10. The van der Waals surface area contributed by atoms with Crippen molar-refractivity contribution < 1.29 is 0 Å². The second kappa shape index (κ2) is 3.84. The molecule has 3 heteroatoms. The van der Waals surface area contributed by atoms with Crippen LogP contribution in [0, 0.1) is 6.92 Å². The molecule has 1 aliphatic carbocycles. The van der Waals surface area contributed by atoms with E-state index in [1.54, 1.807) is 0 Å². The van der Waals surface area contributed by atoms with Gasteiger partial charge < -0.3 is 10.3 Å². The standard InChI is InChI=1S/C14H19N3/c1-9(8-15)11-3-6-13-14(7-11)17(10(2)16-13)12-4-5-12/h3,6-7,9,12H,4-5,8,15H2,1-2H3. The topological polar surface area (TPSA) is 43.8 Å². The van der Waals surface area contributed by atoms with Crippen molar-refractivity contribution in [1.82, 2.24) is 9.55 Å². The lowest BCUT2D eigenvalue weighted by atomic mass is 10.0. The summed E-state index contributed by atoms with van der Waals surface area (Å²) in [6.45, 7) is 4.97. The van der Waals surface area contributed by atoms with Crippen LogP contribution in [-0.2, 0) is 0 Å². The number of hydrogen-bond donors (Lipinski definition) is 1. The van der Waals surface area contributed by atoms with Crippen molar-refractivity contribution in [2.45, 2.75) is 38.6 Å². The van der Waals surface area contributed by atoms with Crippen molar-refractivity contribution in [3.63, 3.8) is 0 Å². The number of nitrogens with zero attached hydrogens (tertiary/aromatic N) is 2. The van der Waals surface area contributed by atoms with Crippen LogP contribution in [0.25, 0.3) is 11.0 Å². The van der Waals surface area contributed by atoms with Crippen molar-refractivity contribution in [2.75, 3.05) is 6.54 Å². The van der Waals surface area contributed by atoms with Gasteiger partial charge in [0.15, 0.2) is 0 Å². The van der Waals surface area contributed by atoms with Gasteiger partial charge in [-0.15, -0.1) is 0 Å². The number of fused-ring (bicyclic) bond motifs is 1. The lowest BCUT2D eigenvalue weighted by Crippen LogP contribution is -2.08. The Kier molecular flexibility index (Phi) is 2.44. The summed E-state index contributed by atoms with van der Waals surface area (Å²) in [6.07, 6.45) is 2.59. The molecule has 2 aromatic rings. The van der Waals surface area contributed by atoms with Crippen molar-refractivity contribution >= 4 is 11.0 Å². The predicted molar refractivity (Wildman–Crippen MR) is 70.2 cm³/mol. The van der Waals surface area contributed by atoms with Crippen LogP contribution < -0.4 is 5.73 Å². The minimum absolute atomic E-state index is 0.419. The van der Waals surface area contributed by atoms with E-state index in [4.69, 9.17) is 5.73 Å². The number of rotatable bonds is 3. The zero-order chi connectivity index (χ0) is 12.0. The van der Waals surface area contributed by atoms with E-state index in [1.165, 1.54) is 23.9 Å². The van der Waals surface area contributed by atoms with Gasteiger partial charge in [0.05, 0.1) is 11.0 Å². The van der Waals surface area contributed by atoms with E-state index < -0.39 is 0 Å². The van der Waals surface area contributed by atoms with E-state index in [9.17, 15) is 0 Å². The van der Waals surface area contributed by atoms with E-state index in [0.717, 1.165) is 11.3 Å². The molecule has 1 unspecified atom stereocenters. The van der Waals surface area contributed by atoms with E-state index in [1.807, 2.05) is 0 Å². The van der Waals surface area contributed by atoms with Gasteiger partial charge in [-0.3, -0.25) is 0 Å². The van der Waals surface area contributed by atoms with Gasteiger partial charge in [-0.1, -0.05) is 13.0 Å². The second-order valence-electron chi connectivity index (χ2n) is 5.15. The Balaban J connectivity index is 2.16. The van der Waals surface area contributed by atoms with Crippen LogP contribution in [0.3, 0.4) is 0 Å². The van der Waals surface area contributed by atoms with Gasteiger partial charge >= 0.3 is 0 Å². The van der Waals surface area contributed by atoms with Crippen LogP contribution in [0.2, 0.25) is 0 Å². The molecular formula is C14H19N3. The first kappa shape index (κ1) is 10.8. The molecule has 0 spiro atoms. The second-order valence-corrected chi connectivity index (χ2v) is 5.15. The molecule has 17 heavy (non-hydrogen) atoms. The highest BCUT2D eigenvalue weighted by molar-refractivity contribution is 5.77. The van der Waals surface area contributed by atoms with Gasteiger partial charge in [-0.25, -0.2) is 4.98 Å². The number of hydrogen-bond acceptors (Lipinski definition) is 2. The molecule has 1 atom stereocenters. The first-order chi connectivity index (χ1) is 8.20. The minimum atomic E-state index is 0.419. The van der Waals surface area contributed by atoms with Gasteiger partial charge in [-0.05, 0) is 49.9 Å². The number of nitrogens with two attached hydrogens (primary N) is 1. The zero-order valence-electron chi connectivity index (χ0n) is 10.5. The maximum atomic E-state index is 5.74. The molecule has 0 saturated heterocycles. The maximum Gasteiger partial charge on any atom is 0.106 e. The third kappa shape index (κ3) is 1.75. The number of aromatic nitrogens is 2. The van der Waals surface area contributed by atoms with Crippen LogP contribution >= 0.6 is 0 Å². The van der Waals surface area contributed by atoms with Crippen LogP contribution in [0.1, 0.15) is 43.1 Å². The molecule has 3 rings (SSSR count). The lowest BCUT2D eigenvalue weighted by molar-refractivity contribution is 0.731. The minimum Gasteiger partial charge on any atom is -0.330 e. The van der Waals surface area contributed by atoms with Crippen LogP contribution in [0.4, 0.5) is 0 Å². The average Bonchev–Trinajstić information content (AvgIpc) is 3.10. The molecule has 0 aliphatic heterocycles. The van der Waals surface area contributed by atoms with Crippen LogP contribution in [0.5, 0.6) is 0 Å². The van der Waals surface area contributed by atoms with Crippen molar-refractivity contribution in [3.8, 4) is 0 Å². The Morgan fingerprint density at radius 2 is 2.24 bits per heavy atom.